The van der Waals surface area contributed by atoms with Gasteiger partial charge in [-0.2, -0.15) is 0 Å². The van der Waals surface area contributed by atoms with Crippen molar-refractivity contribution in [2.45, 2.75) is 0 Å². The highest BCUT2D eigenvalue weighted by molar-refractivity contribution is 9.09. The van der Waals surface area contributed by atoms with Crippen LogP contribution in [0.15, 0.2) is 73.1 Å². The largest absolute Gasteiger partial charge is 0.493 e. The number of rotatable bonds is 8. The Bertz CT molecular complexity index is 1220. The molecule has 0 aliphatic carbocycles. The van der Waals surface area contributed by atoms with Crippen LogP contribution in [0.5, 0.6) is 11.5 Å². The second-order valence-electron chi connectivity index (χ2n) is 6.80. The van der Waals surface area contributed by atoms with E-state index in [-0.39, 0.29) is 5.91 Å². The van der Waals surface area contributed by atoms with Crippen molar-refractivity contribution < 1.29 is 14.3 Å². The zero-order valence-electron chi connectivity index (χ0n) is 17.3. The van der Waals surface area contributed by atoms with Crippen LogP contribution < -0.4 is 20.1 Å². The molecule has 8 heteroatoms. The van der Waals surface area contributed by atoms with E-state index in [0.717, 1.165) is 16.6 Å². The van der Waals surface area contributed by atoms with E-state index in [2.05, 4.69) is 36.5 Å². The number of hydrogen-bond donors (Lipinski definition) is 2. The number of amides is 1. The topological polar surface area (TPSA) is 85.4 Å². The Morgan fingerprint density at radius 2 is 1.72 bits per heavy atom. The van der Waals surface area contributed by atoms with Crippen LogP contribution >= 0.6 is 15.9 Å². The first kappa shape index (κ1) is 21.6. The van der Waals surface area contributed by atoms with Crippen molar-refractivity contribution in [3.8, 4) is 11.5 Å². The van der Waals surface area contributed by atoms with Gasteiger partial charge in [-0.1, -0.05) is 34.1 Å². The lowest BCUT2D eigenvalue weighted by Gasteiger charge is -2.13. The van der Waals surface area contributed by atoms with E-state index >= 15 is 0 Å². The molecular formula is C24H21BrN4O3. The van der Waals surface area contributed by atoms with Crippen LogP contribution in [0.25, 0.3) is 10.9 Å². The molecule has 0 spiro atoms. The van der Waals surface area contributed by atoms with Crippen LogP contribution in [0.4, 0.5) is 17.2 Å². The quantitative estimate of drug-likeness (QED) is 0.320. The van der Waals surface area contributed by atoms with E-state index in [0.29, 0.717) is 40.5 Å². The summed E-state index contributed by atoms with van der Waals surface area (Å²) in [5, 5.41) is 7.71. The van der Waals surface area contributed by atoms with Gasteiger partial charge in [0.1, 0.15) is 12.1 Å². The van der Waals surface area contributed by atoms with Crippen LogP contribution in [-0.2, 0) is 0 Å². The molecule has 162 valence electrons. The zero-order valence-corrected chi connectivity index (χ0v) is 18.9. The van der Waals surface area contributed by atoms with Crippen molar-refractivity contribution in [3.63, 3.8) is 0 Å². The first-order chi connectivity index (χ1) is 15.7. The Morgan fingerprint density at radius 1 is 0.969 bits per heavy atom. The number of ether oxygens (including phenoxy) is 2. The summed E-state index contributed by atoms with van der Waals surface area (Å²) in [4.78, 5) is 21.1. The molecule has 4 aromatic rings. The lowest BCUT2D eigenvalue weighted by Crippen LogP contribution is -2.11. The van der Waals surface area contributed by atoms with E-state index in [1.165, 1.54) is 6.33 Å². The maximum absolute atomic E-state index is 12.3. The average Bonchev–Trinajstić information content (AvgIpc) is 2.84. The Morgan fingerprint density at radius 3 is 2.44 bits per heavy atom. The molecule has 2 N–H and O–H groups in total. The number of hydrogen-bond acceptors (Lipinski definition) is 6. The summed E-state index contributed by atoms with van der Waals surface area (Å²) in [6, 6.07) is 20.2. The molecule has 32 heavy (non-hydrogen) atoms. The number of benzene rings is 3. The van der Waals surface area contributed by atoms with Crippen molar-refractivity contribution in [1.29, 1.82) is 0 Å². The highest BCUT2D eigenvalue weighted by Gasteiger charge is 2.12. The summed E-state index contributed by atoms with van der Waals surface area (Å²) in [5.41, 5.74) is 2.86. The molecule has 7 nitrogen and oxygen atoms in total. The second-order valence-corrected chi connectivity index (χ2v) is 7.60. The fourth-order valence-corrected chi connectivity index (χ4v) is 3.31. The van der Waals surface area contributed by atoms with Crippen molar-refractivity contribution in [2.24, 2.45) is 0 Å². The van der Waals surface area contributed by atoms with Gasteiger partial charge in [0.2, 0.25) is 0 Å². The number of anilines is 3. The third-order valence-corrected chi connectivity index (χ3v) is 5.02. The first-order valence-corrected chi connectivity index (χ1v) is 11.0. The van der Waals surface area contributed by atoms with Gasteiger partial charge in [0.25, 0.3) is 5.91 Å². The fourth-order valence-electron chi connectivity index (χ4n) is 3.15. The smallest absolute Gasteiger partial charge is 0.255 e. The number of alkyl halides is 1. The maximum atomic E-state index is 12.3. The number of fused-ring (bicyclic) bond motifs is 1. The second kappa shape index (κ2) is 10.1. The standard InChI is InChI=1S/C24H21BrN4O3/c1-31-21-13-19-20(14-22(21)32-12-11-25)26-15-27-23(19)28-17-7-9-18(10-8-17)29-24(30)16-5-3-2-4-6-16/h2-10,13-15H,11-12H2,1H3,(H,29,30)(H,26,27,28). The van der Waals surface area contributed by atoms with Gasteiger partial charge in [0.15, 0.2) is 11.5 Å². The highest BCUT2D eigenvalue weighted by atomic mass is 79.9. The monoisotopic (exact) mass is 492 g/mol. The van der Waals surface area contributed by atoms with Gasteiger partial charge in [-0.15, -0.1) is 0 Å². The Labute approximate surface area is 193 Å². The lowest BCUT2D eigenvalue weighted by atomic mass is 10.2. The van der Waals surface area contributed by atoms with Gasteiger partial charge in [-0.05, 0) is 42.5 Å². The van der Waals surface area contributed by atoms with E-state index in [4.69, 9.17) is 9.47 Å². The van der Waals surface area contributed by atoms with Gasteiger partial charge < -0.3 is 20.1 Å². The van der Waals surface area contributed by atoms with Crippen LogP contribution in [0.3, 0.4) is 0 Å². The maximum Gasteiger partial charge on any atom is 0.255 e. The predicted octanol–water partition coefficient (Wildman–Crippen LogP) is 5.41. The first-order valence-electron chi connectivity index (χ1n) is 9.93. The molecule has 0 radical (unpaired) electrons. The van der Waals surface area contributed by atoms with Gasteiger partial charge in [0.05, 0.1) is 19.2 Å². The summed E-state index contributed by atoms with van der Waals surface area (Å²) >= 11 is 3.36. The number of nitrogens with zero attached hydrogens (tertiary/aromatic N) is 2. The Hall–Kier alpha value is -3.65. The summed E-state index contributed by atoms with van der Waals surface area (Å²) in [6.07, 6.45) is 1.50. The van der Waals surface area contributed by atoms with Crippen molar-refractivity contribution >= 4 is 49.9 Å². The number of halogens is 1. The summed E-state index contributed by atoms with van der Waals surface area (Å²) < 4.78 is 11.2. The molecule has 0 bridgehead atoms. The molecule has 0 aliphatic rings. The third-order valence-electron chi connectivity index (χ3n) is 4.70. The minimum Gasteiger partial charge on any atom is -0.493 e. The molecule has 3 aromatic carbocycles. The van der Waals surface area contributed by atoms with E-state index in [1.54, 1.807) is 19.2 Å². The molecule has 0 atom stereocenters. The molecule has 0 unspecified atom stereocenters. The number of nitrogens with one attached hydrogen (secondary N) is 2. The molecule has 0 fully saturated rings. The molecule has 0 saturated heterocycles. The number of carbonyl (C=O) groups is 1. The zero-order chi connectivity index (χ0) is 22.3. The van der Waals surface area contributed by atoms with Crippen LogP contribution in [0.1, 0.15) is 10.4 Å². The molecule has 1 heterocycles. The summed E-state index contributed by atoms with van der Waals surface area (Å²) in [5.74, 6) is 1.72. The number of aromatic nitrogens is 2. The Balaban J connectivity index is 1.53. The summed E-state index contributed by atoms with van der Waals surface area (Å²) in [6.45, 7) is 0.519. The molecule has 0 saturated carbocycles. The molecule has 4 rings (SSSR count). The predicted molar refractivity (Wildman–Crippen MR) is 129 cm³/mol. The lowest BCUT2D eigenvalue weighted by molar-refractivity contribution is 0.102. The SMILES string of the molecule is COc1cc2c(Nc3ccc(NC(=O)c4ccccc4)cc3)ncnc2cc1OCCBr. The van der Waals surface area contributed by atoms with Crippen LogP contribution in [0, 0.1) is 0 Å². The van der Waals surface area contributed by atoms with Crippen molar-refractivity contribution in [2.75, 3.05) is 29.7 Å². The van der Waals surface area contributed by atoms with E-state index in [9.17, 15) is 4.79 Å². The van der Waals surface area contributed by atoms with Gasteiger partial charge in [-0.25, -0.2) is 9.97 Å². The Kier molecular flexibility index (Phi) is 6.81. The van der Waals surface area contributed by atoms with Gasteiger partial charge in [0, 0.05) is 33.7 Å². The minimum absolute atomic E-state index is 0.155. The molecular weight excluding hydrogens is 472 g/mol. The van der Waals surface area contributed by atoms with Crippen LogP contribution in [0.2, 0.25) is 0 Å². The summed E-state index contributed by atoms with van der Waals surface area (Å²) in [7, 11) is 1.60. The van der Waals surface area contributed by atoms with Crippen LogP contribution in [-0.4, -0.2) is 34.9 Å². The van der Waals surface area contributed by atoms with Crippen molar-refractivity contribution in [1.82, 2.24) is 9.97 Å². The fraction of sp³-hybridized carbons (Fsp3) is 0.125. The molecule has 1 aromatic heterocycles. The molecule has 1 amide bonds. The van der Waals surface area contributed by atoms with E-state index < -0.39 is 0 Å². The van der Waals surface area contributed by atoms with Crippen molar-refractivity contribution in [3.05, 3.63) is 78.6 Å². The number of methoxy groups -OCH3 is 1. The van der Waals surface area contributed by atoms with E-state index in [1.807, 2.05) is 54.6 Å². The normalized spacial score (nSPS) is 10.6. The molecule has 0 aliphatic heterocycles. The highest BCUT2D eigenvalue weighted by Crippen LogP contribution is 2.34. The van der Waals surface area contributed by atoms with Gasteiger partial charge in [-0.3, -0.25) is 4.79 Å². The average molecular weight is 493 g/mol. The minimum atomic E-state index is -0.155. The number of carbonyl (C=O) groups excluding carboxylic acids is 1. The van der Waals surface area contributed by atoms with Gasteiger partial charge >= 0.3 is 0 Å². The third kappa shape index (κ3) is 4.97.